The molecule has 0 aromatic carbocycles. The van der Waals surface area contributed by atoms with E-state index in [2.05, 4.69) is 20.4 Å². The van der Waals surface area contributed by atoms with Gasteiger partial charge in [0, 0.05) is 6.04 Å². The van der Waals surface area contributed by atoms with Crippen LogP contribution in [0.2, 0.25) is 5.28 Å². The Bertz CT molecular complexity index is 1050. The summed E-state index contributed by atoms with van der Waals surface area (Å²) in [4.78, 5) is 27.3. The smallest absolute Gasteiger partial charge is 0.359 e. The Labute approximate surface area is 193 Å². The van der Waals surface area contributed by atoms with Gasteiger partial charge in [0.05, 0.1) is 24.8 Å². The van der Waals surface area contributed by atoms with Gasteiger partial charge in [-0.1, -0.05) is 12.8 Å². The molecule has 33 heavy (non-hydrogen) atoms. The summed E-state index contributed by atoms with van der Waals surface area (Å²) in [5, 5.41) is 36.4. The first-order chi connectivity index (χ1) is 15.5. The van der Waals surface area contributed by atoms with Crippen molar-refractivity contribution in [3.05, 3.63) is 11.5 Å². The van der Waals surface area contributed by atoms with Crippen molar-refractivity contribution in [2.75, 3.05) is 18.5 Å². The average Bonchev–Trinajstić information content (AvgIpc) is 3.47. The minimum Gasteiger partial charge on any atom is -0.393 e. The predicted octanol–water partition coefficient (Wildman–Crippen LogP) is 0.356. The number of fused-ring (bicyclic) bond motifs is 1. The number of anilines is 1. The monoisotopic (exact) mass is 507 g/mol. The second-order valence-corrected chi connectivity index (χ2v) is 10.9. The Morgan fingerprint density at radius 1 is 1.30 bits per heavy atom. The van der Waals surface area contributed by atoms with E-state index in [0.717, 1.165) is 32.6 Å². The molecule has 0 amide bonds. The van der Waals surface area contributed by atoms with Crippen LogP contribution >= 0.6 is 19.2 Å². The van der Waals surface area contributed by atoms with Crippen LogP contribution in [0.5, 0.6) is 0 Å². The van der Waals surface area contributed by atoms with Gasteiger partial charge in [-0.2, -0.15) is 15.1 Å². The Hall–Kier alpha value is -1.41. The van der Waals surface area contributed by atoms with E-state index in [0.29, 0.717) is 11.2 Å². The highest BCUT2D eigenvalue weighted by Gasteiger charge is 2.48. The maximum atomic E-state index is 11.6. The number of halogens is 1. The summed E-state index contributed by atoms with van der Waals surface area (Å²) in [6, 6.07) is 0.258. The summed E-state index contributed by atoms with van der Waals surface area (Å²) in [6.07, 6.45) is 0.542. The van der Waals surface area contributed by atoms with Gasteiger partial charge in [0.15, 0.2) is 17.2 Å². The van der Waals surface area contributed by atoms with Crippen molar-refractivity contribution in [1.29, 1.82) is 0 Å². The van der Waals surface area contributed by atoms with E-state index in [1.165, 1.54) is 10.9 Å². The van der Waals surface area contributed by atoms with E-state index < -0.39 is 50.7 Å². The Morgan fingerprint density at radius 2 is 2.00 bits per heavy atom. The molecule has 4 rings (SSSR count). The number of ether oxygens (including phenoxy) is 2. The van der Waals surface area contributed by atoms with Crippen LogP contribution in [0.15, 0.2) is 6.20 Å². The predicted molar refractivity (Wildman–Crippen MR) is 116 cm³/mol. The van der Waals surface area contributed by atoms with Crippen molar-refractivity contribution in [1.82, 2.24) is 19.7 Å². The normalized spacial score (nSPS) is 28.5. The van der Waals surface area contributed by atoms with Gasteiger partial charge in [-0.05, 0) is 31.4 Å². The van der Waals surface area contributed by atoms with Crippen molar-refractivity contribution in [2.24, 2.45) is 0 Å². The van der Waals surface area contributed by atoms with E-state index in [-0.39, 0.29) is 17.0 Å². The van der Waals surface area contributed by atoms with E-state index in [1.807, 2.05) is 0 Å². The molecule has 0 bridgehead atoms. The molecule has 13 nitrogen and oxygen atoms in total. The lowest BCUT2D eigenvalue weighted by Gasteiger charge is -2.29. The minimum absolute atomic E-state index is 0.0296. The maximum absolute atomic E-state index is 11.6. The third kappa shape index (κ3) is 4.75. The molecule has 2 aromatic heterocycles. The highest BCUT2D eigenvalue weighted by Crippen LogP contribution is 2.51. The first-order valence-corrected chi connectivity index (χ1v) is 12.5. The number of nitrogens with one attached hydrogen (secondary N) is 1. The zero-order valence-corrected chi connectivity index (χ0v) is 19.4. The molecule has 3 heterocycles. The van der Waals surface area contributed by atoms with Gasteiger partial charge in [0.2, 0.25) is 5.28 Å². The molecule has 0 spiro atoms. The van der Waals surface area contributed by atoms with Gasteiger partial charge in [-0.15, -0.1) is 0 Å². The molecular formula is C18H27ClN5O8P. The fraction of sp³-hybridized carbons (Fsp3) is 0.722. The maximum Gasteiger partial charge on any atom is 0.359 e. The topological polar surface area (TPSA) is 192 Å². The molecule has 2 fully saturated rings. The lowest BCUT2D eigenvalue weighted by molar-refractivity contribution is -0.104. The second kappa shape index (κ2) is 9.33. The van der Waals surface area contributed by atoms with Gasteiger partial charge in [0.1, 0.15) is 24.1 Å². The molecule has 1 aliphatic heterocycles. The van der Waals surface area contributed by atoms with Crippen molar-refractivity contribution in [3.63, 3.8) is 0 Å². The summed E-state index contributed by atoms with van der Waals surface area (Å²) in [5.41, 5.74) is 0.281. The van der Waals surface area contributed by atoms with Crippen LogP contribution < -0.4 is 5.32 Å². The van der Waals surface area contributed by atoms with Gasteiger partial charge in [0.25, 0.3) is 0 Å². The summed E-state index contributed by atoms with van der Waals surface area (Å²) < 4.78 is 23.8. The van der Waals surface area contributed by atoms with Gasteiger partial charge < -0.3 is 39.9 Å². The van der Waals surface area contributed by atoms with Gasteiger partial charge in [-0.25, -0.2) is 4.68 Å². The molecule has 1 saturated heterocycles. The highest BCUT2D eigenvalue weighted by molar-refractivity contribution is 7.53. The summed E-state index contributed by atoms with van der Waals surface area (Å²) in [5.74, 6) is 0.511. The number of aliphatic hydroxyl groups is 3. The lowest BCUT2D eigenvalue weighted by Crippen LogP contribution is -2.39. The van der Waals surface area contributed by atoms with Crippen LogP contribution in [-0.2, 0) is 14.0 Å². The molecule has 5 atom stereocenters. The van der Waals surface area contributed by atoms with Crippen molar-refractivity contribution >= 4 is 36.0 Å². The van der Waals surface area contributed by atoms with E-state index in [1.54, 1.807) is 0 Å². The first kappa shape index (κ1) is 24.7. The second-order valence-electron chi connectivity index (χ2n) is 8.53. The average molecular weight is 508 g/mol. The SMILES string of the molecule is CC(CO)(OC[C@H]1O[C@@H](n2ncc3c(NC4CCCC4)nc(Cl)nc32)[C@H](O)[C@@H]1O)P(=O)(O)O. The molecule has 6 N–H and O–H groups in total. The lowest BCUT2D eigenvalue weighted by atomic mass is 10.1. The molecule has 2 aliphatic rings. The van der Waals surface area contributed by atoms with E-state index in [9.17, 15) is 29.7 Å². The molecule has 184 valence electrons. The third-order valence-corrected chi connectivity index (χ3v) is 7.84. The highest BCUT2D eigenvalue weighted by atomic mass is 35.5. The van der Waals surface area contributed by atoms with Crippen LogP contribution in [0.3, 0.4) is 0 Å². The van der Waals surface area contributed by atoms with Gasteiger partial charge in [-0.3, -0.25) is 4.57 Å². The molecule has 1 unspecified atom stereocenters. The van der Waals surface area contributed by atoms with Crippen molar-refractivity contribution in [2.45, 2.75) is 68.5 Å². The van der Waals surface area contributed by atoms with Crippen LogP contribution in [0.4, 0.5) is 5.82 Å². The Morgan fingerprint density at radius 3 is 2.64 bits per heavy atom. The molecule has 2 aromatic rings. The molecule has 0 radical (unpaired) electrons. The first-order valence-electron chi connectivity index (χ1n) is 10.5. The number of aromatic nitrogens is 4. The Kier molecular flexibility index (Phi) is 6.98. The molecule has 1 aliphatic carbocycles. The zero-order valence-electron chi connectivity index (χ0n) is 17.8. The van der Waals surface area contributed by atoms with E-state index >= 15 is 0 Å². The Balaban J connectivity index is 1.56. The number of nitrogens with zero attached hydrogens (tertiary/aromatic N) is 4. The molecular weight excluding hydrogens is 481 g/mol. The van der Waals surface area contributed by atoms with Gasteiger partial charge >= 0.3 is 7.60 Å². The fourth-order valence-corrected chi connectivity index (χ4v) is 4.60. The summed E-state index contributed by atoms with van der Waals surface area (Å²) >= 11 is 6.12. The van der Waals surface area contributed by atoms with Crippen molar-refractivity contribution < 1.29 is 39.1 Å². The number of aliphatic hydroxyl groups excluding tert-OH is 3. The number of hydrogen-bond donors (Lipinski definition) is 6. The summed E-state index contributed by atoms with van der Waals surface area (Å²) in [6.45, 7) is -0.412. The number of hydrogen-bond acceptors (Lipinski definition) is 10. The van der Waals surface area contributed by atoms with Crippen LogP contribution in [0.25, 0.3) is 11.0 Å². The summed E-state index contributed by atoms with van der Waals surface area (Å²) in [7, 11) is -4.83. The van der Waals surface area contributed by atoms with Crippen LogP contribution in [0, 0.1) is 0 Å². The number of rotatable bonds is 8. The standard InChI is InChI=1S/C18H27ClN5O8P/c1-18(8-25,33(28,29)30)31-7-11-12(26)13(27)16(32-11)24-15-10(6-20-24)14(22-17(19)23-15)21-9-4-2-3-5-9/h6,9,11-13,16,25-27H,2-5,7-8H2,1H3,(H,21,22,23)(H2,28,29,30)/t11-,12-,13-,16-,18?/m1/s1. The third-order valence-electron chi connectivity index (χ3n) is 6.17. The zero-order chi connectivity index (χ0) is 24.0. The van der Waals surface area contributed by atoms with Crippen LogP contribution in [0.1, 0.15) is 38.8 Å². The fourth-order valence-electron chi connectivity index (χ4n) is 4.01. The van der Waals surface area contributed by atoms with Crippen molar-refractivity contribution in [3.8, 4) is 0 Å². The quantitative estimate of drug-likeness (QED) is 0.212. The van der Waals surface area contributed by atoms with E-state index in [4.69, 9.17) is 21.1 Å². The molecule has 15 heteroatoms. The molecule has 1 saturated carbocycles. The largest absolute Gasteiger partial charge is 0.393 e. The van der Waals surface area contributed by atoms with Crippen LogP contribution in [-0.4, -0.2) is 87.8 Å². The minimum atomic E-state index is -4.83.